The van der Waals surface area contributed by atoms with Crippen LogP contribution in [0.4, 0.5) is 0 Å². The number of rotatable bonds is 5. The Hall–Kier alpha value is -1.44. The Bertz CT molecular complexity index is 620. The van der Waals surface area contributed by atoms with Crippen LogP contribution in [0, 0.1) is 5.92 Å². The molecule has 120 valence electrons. The second-order valence-electron chi connectivity index (χ2n) is 5.73. The van der Waals surface area contributed by atoms with Gasteiger partial charge in [0.2, 0.25) is 10.0 Å². The third kappa shape index (κ3) is 3.48. The van der Waals surface area contributed by atoms with Gasteiger partial charge in [-0.1, -0.05) is 18.2 Å². The Balaban J connectivity index is 1.52. The van der Waals surface area contributed by atoms with Gasteiger partial charge in [-0.05, 0) is 30.9 Å². The van der Waals surface area contributed by atoms with Crippen molar-refractivity contribution in [1.29, 1.82) is 0 Å². The average Bonchev–Trinajstić information content (AvgIpc) is 3.39. The number of hydrogen-bond acceptors (Lipinski definition) is 4. The molecule has 1 aromatic carbocycles. The molecule has 2 heterocycles. The molecule has 6 nitrogen and oxygen atoms in total. The highest BCUT2D eigenvalue weighted by Gasteiger charge is 2.33. The molecule has 0 bridgehead atoms. The van der Waals surface area contributed by atoms with Gasteiger partial charge >= 0.3 is 0 Å². The van der Waals surface area contributed by atoms with Crippen LogP contribution in [0.2, 0.25) is 0 Å². The van der Waals surface area contributed by atoms with Gasteiger partial charge < -0.3 is 10.1 Å². The Labute approximate surface area is 130 Å². The third-order valence-electron chi connectivity index (χ3n) is 4.15. The predicted molar refractivity (Wildman–Crippen MR) is 80.7 cm³/mol. The van der Waals surface area contributed by atoms with Crippen LogP contribution in [0.1, 0.15) is 12.8 Å². The third-order valence-corrected chi connectivity index (χ3v) is 6.06. The maximum absolute atomic E-state index is 12.5. The Kier molecular flexibility index (Phi) is 4.46. The number of ether oxygens (including phenoxy) is 1. The topological polar surface area (TPSA) is 79.0 Å². The maximum Gasteiger partial charge on any atom is 0.251 e. The molecule has 22 heavy (non-hydrogen) atoms. The van der Waals surface area contributed by atoms with Crippen molar-refractivity contribution in [3.63, 3.8) is 0 Å². The summed E-state index contributed by atoms with van der Waals surface area (Å²) in [7, 11) is -3.39. The van der Waals surface area contributed by atoms with Crippen molar-refractivity contribution in [1.82, 2.24) is 9.62 Å². The number of carbonyl (C=O) groups excluding carboxylic acids is 1. The van der Waals surface area contributed by atoms with Crippen LogP contribution in [-0.2, 0) is 19.6 Å². The molecule has 7 heteroatoms. The van der Waals surface area contributed by atoms with Gasteiger partial charge in [-0.25, -0.2) is 8.42 Å². The second-order valence-corrected chi connectivity index (χ2v) is 7.67. The smallest absolute Gasteiger partial charge is 0.251 e. The lowest BCUT2D eigenvalue weighted by molar-refractivity contribution is -0.122. The molecule has 3 rings (SSSR count). The lowest BCUT2D eigenvalue weighted by atomic mass is 9.98. The number of nitrogens with one attached hydrogen (secondary N) is 1. The molecule has 0 spiro atoms. The van der Waals surface area contributed by atoms with Crippen LogP contribution in [-0.4, -0.2) is 51.0 Å². The van der Waals surface area contributed by atoms with Crippen molar-refractivity contribution < 1.29 is 17.9 Å². The van der Waals surface area contributed by atoms with Gasteiger partial charge in [0, 0.05) is 19.6 Å². The zero-order valence-electron chi connectivity index (χ0n) is 12.3. The lowest BCUT2D eigenvalue weighted by Gasteiger charge is -2.31. The van der Waals surface area contributed by atoms with E-state index in [1.165, 1.54) is 4.31 Å². The fourth-order valence-corrected chi connectivity index (χ4v) is 4.14. The highest BCUT2D eigenvalue weighted by molar-refractivity contribution is 7.89. The van der Waals surface area contributed by atoms with Crippen LogP contribution < -0.4 is 5.32 Å². The fourth-order valence-electron chi connectivity index (χ4n) is 2.65. The lowest BCUT2D eigenvalue weighted by Crippen LogP contribution is -2.42. The number of amides is 1. The van der Waals surface area contributed by atoms with Gasteiger partial charge in [0.25, 0.3) is 5.91 Å². The van der Waals surface area contributed by atoms with E-state index in [-0.39, 0.29) is 12.0 Å². The van der Waals surface area contributed by atoms with Gasteiger partial charge in [-0.15, -0.1) is 0 Å². The molecule has 2 fully saturated rings. The molecule has 1 amide bonds. The van der Waals surface area contributed by atoms with E-state index < -0.39 is 10.0 Å². The Morgan fingerprint density at radius 1 is 1.23 bits per heavy atom. The first-order valence-electron chi connectivity index (χ1n) is 7.52. The van der Waals surface area contributed by atoms with E-state index in [2.05, 4.69) is 5.32 Å². The quantitative estimate of drug-likeness (QED) is 0.805. The summed E-state index contributed by atoms with van der Waals surface area (Å²) in [6.45, 7) is 2.10. The van der Waals surface area contributed by atoms with Crippen molar-refractivity contribution >= 4 is 15.9 Å². The minimum Gasteiger partial charge on any atom is -0.363 e. The summed E-state index contributed by atoms with van der Waals surface area (Å²) in [6.07, 6.45) is 1.26. The van der Waals surface area contributed by atoms with Crippen LogP contribution in [0.5, 0.6) is 0 Å². The molecule has 2 aliphatic rings. The van der Waals surface area contributed by atoms with Gasteiger partial charge in [0.1, 0.15) is 0 Å². The maximum atomic E-state index is 12.5. The Morgan fingerprint density at radius 2 is 1.86 bits per heavy atom. The number of carbonyl (C=O) groups is 1. The van der Waals surface area contributed by atoms with E-state index in [0.717, 1.165) is 12.8 Å². The van der Waals surface area contributed by atoms with Gasteiger partial charge in [-0.2, -0.15) is 4.31 Å². The molecule has 1 N–H and O–H groups in total. The molecule has 2 aliphatic heterocycles. The van der Waals surface area contributed by atoms with E-state index in [4.69, 9.17) is 4.74 Å². The molecule has 2 saturated heterocycles. The molecule has 0 aliphatic carbocycles. The summed E-state index contributed by atoms with van der Waals surface area (Å²) in [5.41, 5.74) is 0. The van der Waals surface area contributed by atoms with E-state index in [9.17, 15) is 13.2 Å². The summed E-state index contributed by atoms with van der Waals surface area (Å²) in [5, 5.41) is 2.87. The number of epoxide rings is 1. The fraction of sp³-hybridized carbons (Fsp3) is 0.533. The van der Waals surface area contributed by atoms with E-state index in [1.54, 1.807) is 30.3 Å². The van der Waals surface area contributed by atoms with Gasteiger partial charge in [0.15, 0.2) is 6.10 Å². The first-order chi connectivity index (χ1) is 10.6. The largest absolute Gasteiger partial charge is 0.363 e. The minimum absolute atomic E-state index is 0.0562. The number of sulfonamides is 1. The molecule has 0 radical (unpaired) electrons. The zero-order valence-corrected chi connectivity index (χ0v) is 13.1. The molecule has 1 atom stereocenters. The normalized spacial score (nSPS) is 23.2. The molecular weight excluding hydrogens is 304 g/mol. The number of nitrogens with zero attached hydrogens (tertiary/aromatic N) is 1. The SMILES string of the molecule is O=C(NCC1CCN(S(=O)(=O)c2ccccc2)CC1)C1CO1. The average molecular weight is 324 g/mol. The highest BCUT2D eigenvalue weighted by Crippen LogP contribution is 2.23. The molecule has 1 unspecified atom stereocenters. The molecule has 1 aromatic rings. The Morgan fingerprint density at radius 3 is 2.45 bits per heavy atom. The predicted octanol–water partition coefficient (Wildman–Crippen LogP) is 0.602. The number of piperidine rings is 1. The summed E-state index contributed by atoms with van der Waals surface area (Å²) in [6, 6.07) is 8.51. The summed E-state index contributed by atoms with van der Waals surface area (Å²) >= 11 is 0. The van der Waals surface area contributed by atoms with Crippen molar-refractivity contribution in [3.05, 3.63) is 30.3 Å². The van der Waals surface area contributed by atoms with Crippen molar-refractivity contribution in [2.45, 2.75) is 23.8 Å². The first-order valence-corrected chi connectivity index (χ1v) is 8.96. The van der Waals surface area contributed by atoms with E-state index in [0.29, 0.717) is 37.1 Å². The molecule has 0 aromatic heterocycles. The monoisotopic (exact) mass is 324 g/mol. The van der Waals surface area contributed by atoms with Crippen molar-refractivity contribution in [3.8, 4) is 0 Å². The summed E-state index contributed by atoms with van der Waals surface area (Å²) in [4.78, 5) is 11.9. The summed E-state index contributed by atoms with van der Waals surface area (Å²) in [5.74, 6) is 0.268. The van der Waals surface area contributed by atoms with Crippen molar-refractivity contribution in [2.24, 2.45) is 5.92 Å². The number of hydrogen-bond donors (Lipinski definition) is 1. The van der Waals surface area contributed by atoms with Crippen LogP contribution in [0.25, 0.3) is 0 Å². The van der Waals surface area contributed by atoms with E-state index in [1.807, 2.05) is 0 Å². The molecular formula is C15H20N2O4S. The van der Waals surface area contributed by atoms with Gasteiger partial charge in [-0.3, -0.25) is 4.79 Å². The molecule has 0 saturated carbocycles. The first kappa shape index (κ1) is 15.5. The zero-order chi connectivity index (χ0) is 15.6. The summed E-state index contributed by atoms with van der Waals surface area (Å²) < 4.78 is 31.4. The van der Waals surface area contributed by atoms with Crippen LogP contribution >= 0.6 is 0 Å². The minimum atomic E-state index is -3.39. The van der Waals surface area contributed by atoms with Crippen LogP contribution in [0.3, 0.4) is 0 Å². The van der Waals surface area contributed by atoms with E-state index >= 15 is 0 Å². The van der Waals surface area contributed by atoms with Gasteiger partial charge in [0.05, 0.1) is 11.5 Å². The highest BCUT2D eigenvalue weighted by atomic mass is 32.2. The number of benzene rings is 1. The standard InChI is InChI=1S/C15H20N2O4S/c18-15(14-11-21-14)16-10-12-6-8-17(9-7-12)22(19,20)13-4-2-1-3-5-13/h1-5,12,14H,6-11H2,(H,16,18). The van der Waals surface area contributed by atoms with Crippen molar-refractivity contribution in [2.75, 3.05) is 26.2 Å². The second kappa shape index (κ2) is 6.36. The van der Waals surface area contributed by atoms with Crippen LogP contribution in [0.15, 0.2) is 35.2 Å².